The Morgan fingerprint density at radius 3 is 2.35 bits per heavy atom. The fourth-order valence-electron chi connectivity index (χ4n) is 2.67. The summed E-state index contributed by atoms with van der Waals surface area (Å²) < 4.78 is 37.7. The maximum absolute atomic E-state index is 12.6. The van der Waals surface area contributed by atoms with E-state index < -0.39 is 11.7 Å². The van der Waals surface area contributed by atoms with Crippen molar-refractivity contribution >= 4 is 17.4 Å². The molecule has 1 saturated carbocycles. The van der Waals surface area contributed by atoms with Gasteiger partial charge in [-0.1, -0.05) is 13.3 Å². The maximum atomic E-state index is 12.6. The molecule has 1 aliphatic rings. The van der Waals surface area contributed by atoms with Gasteiger partial charge in [-0.3, -0.25) is 0 Å². The fraction of sp³-hybridized carbons (Fsp3) is 0.600. The first-order valence-electron chi connectivity index (χ1n) is 7.03. The highest BCUT2D eigenvalue weighted by molar-refractivity contribution is 8.00. The lowest BCUT2D eigenvalue weighted by atomic mass is 9.87. The van der Waals surface area contributed by atoms with Gasteiger partial charge in [0.05, 0.1) is 5.56 Å². The zero-order valence-corrected chi connectivity index (χ0v) is 12.4. The van der Waals surface area contributed by atoms with E-state index in [-0.39, 0.29) is 5.69 Å². The number of anilines is 1. The summed E-state index contributed by atoms with van der Waals surface area (Å²) in [7, 11) is 0. The number of alkyl halides is 3. The normalized spacial score (nSPS) is 23.8. The van der Waals surface area contributed by atoms with E-state index in [1.165, 1.54) is 25.3 Å². The van der Waals surface area contributed by atoms with Crippen molar-refractivity contribution in [2.45, 2.75) is 55.3 Å². The molecular weight excluding hydrogens is 283 g/mol. The first-order chi connectivity index (χ1) is 9.40. The van der Waals surface area contributed by atoms with Gasteiger partial charge in [0.15, 0.2) is 0 Å². The van der Waals surface area contributed by atoms with Crippen LogP contribution in [0.25, 0.3) is 0 Å². The van der Waals surface area contributed by atoms with Crippen LogP contribution in [0.1, 0.15) is 44.6 Å². The van der Waals surface area contributed by atoms with Crippen molar-refractivity contribution < 1.29 is 13.2 Å². The van der Waals surface area contributed by atoms with Crippen LogP contribution in [-0.2, 0) is 6.18 Å². The summed E-state index contributed by atoms with van der Waals surface area (Å²) in [4.78, 5) is 0.776. The second-order valence-electron chi connectivity index (χ2n) is 5.42. The van der Waals surface area contributed by atoms with E-state index in [0.717, 1.165) is 35.8 Å². The monoisotopic (exact) mass is 303 g/mol. The lowest BCUT2D eigenvalue weighted by Crippen LogP contribution is -2.15. The Morgan fingerprint density at radius 2 is 1.85 bits per heavy atom. The molecule has 112 valence electrons. The average molecular weight is 303 g/mol. The second kappa shape index (κ2) is 6.29. The van der Waals surface area contributed by atoms with Crippen molar-refractivity contribution in [3.8, 4) is 0 Å². The predicted molar refractivity (Wildman–Crippen MR) is 77.8 cm³/mol. The largest absolute Gasteiger partial charge is 0.416 e. The Labute approximate surface area is 122 Å². The third kappa shape index (κ3) is 3.84. The molecule has 0 saturated heterocycles. The number of nitrogens with two attached hydrogens (primary N) is 1. The Morgan fingerprint density at radius 1 is 1.20 bits per heavy atom. The van der Waals surface area contributed by atoms with Gasteiger partial charge in [0.25, 0.3) is 0 Å². The van der Waals surface area contributed by atoms with Crippen LogP contribution >= 0.6 is 11.8 Å². The molecule has 20 heavy (non-hydrogen) atoms. The third-order valence-electron chi connectivity index (χ3n) is 4.00. The summed E-state index contributed by atoms with van der Waals surface area (Å²) in [6, 6.07) is 3.67. The summed E-state index contributed by atoms with van der Waals surface area (Å²) in [6.07, 6.45) is 1.59. The molecule has 1 nitrogen and oxygen atoms in total. The van der Waals surface area contributed by atoms with E-state index in [9.17, 15) is 13.2 Å². The van der Waals surface area contributed by atoms with Crippen molar-refractivity contribution in [1.82, 2.24) is 0 Å². The van der Waals surface area contributed by atoms with E-state index in [2.05, 4.69) is 6.92 Å². The highest BCUT2D eigenvalue weighted by Gasteiger charge is 2.31. The molecule has 1 aliphatic carbocycles. The molecule has 1 fully saturated rings. The van der Waals surface area contributed by atoms with Gasteiger partial charge >= 0.3 is 6.18 Å². The number of hydrogen-bond acceptors (Lipinski definition) is 2. The van der Waals surface area contributed by atoms with Crippen LogP contribution < -0.4 is 5.73 Å². The predicted octanol–water partition coefficient (Wildman–Crippen LogP) is 5.35. The van der Waals surface area contributed by atoms with Crippen molar-refractivity contribution in [2.24, 2.45) is 5.92 Å². The molecule has 1 aromatic carbocycles. The molecule has 2 rings (SSSR count). The third-order valence-corrected chi connectivity index (χ3v) is 5.43. The van der Waals surface area contributed by atoms with Crippen LogP contribution in [0.2, 0.25) is 0 Å². The highest BCUT2D eigenvalue weighted by Crippen LogP contribution is 2.40. The Hall–Kier alpha value is -0.840. The SMILES string of the molecule is CCC1CCC(Sc2ccc(C(F)(F)F)cc2N)CC1. The first kappa shape index (κ1) is 15.5. The van der Waals surface area contributed by atoms with Crippen LogP contribution in [-0.4, -0.2) is 5.25 Å². The minimum absolute atomic E-state index is 0.238. The summed E-state index contributed by atoms with van der Waals surface area (Å²) >= 11 is 1.63. The van der Waals surface area contributed by atoms with E-state index in [4.69, 9.17) is 5.73 Å². The molecule has 0 bridgehead atoms. The molecule has 5 heteroatoms. The molecule has 0 amide bonds. The molecule has 0 aromatic heterocycles. The van der Waals surface area contributed by atoms with E-state index in [1.807, 2.05) is 0 Å². The number of halogens is 3. The van der Waals surface area contributed by atoms with Crippen molar-refractivity contribution in [2.75, 3.05) is 5.73 Å². The fourth-order valence-corrected chi connectivity index (χ4v) is 3.88. The van der Waals surface area contributed by atoms with Gasteiger partial charge in [-0.15, -0.1) is 11.8 Å². The number of nitrogen functional groups attached to an aromatic ring is 1. The molecule has 0 unspecified atom stereocenters. The molecule has 0 radical (unpaired) electrons. The van der Waals surface area contributed by atoms with E-state index in [0.29, 0.717) is 5.25 Å². The Kier molecular flexibility index (Phi) is 4.89. The standard InChI is InChI=1S/C15H20F3NS/c1-2-10-3-6-12(7-4-10)20-14-8-5-11(9-13(14)19)15(16,17)18/h5,8-10,12H,2-4,6-7,19H2,1H3. The molecule has 0 spiro atoms. The van der Waals surface area contributed by atoms with Gasteiger partial charge in [0.1, 0.15) is 0 Å². The zero-order valence-electron chi connectivity index (χ0n) is 11.5. The quantitative estimate of drug-likeness (QED) is 0.762. The van der Waals surface area contributed by atoms with Gasteiger partial charge in [-0.25, -0.2) is 0 Å². The topological polar surface area (TPSA) is 26.0 Å². The lowest BCUT2D eigenvalue weighted by Gasteiger charge is -2.27. The molecule has 0 heterocycles. The van der Waals surface area contributed by atoms with Gasteiger partial charge in [0, 0.05) is 15.8 Å². The van der Waals surface area contributed by atoms with Crippen molar-refractivity contribution in [3.05, 3.63) is 23.8 Å². The summed E-state index contributed by atoms with van der Waals surface area (Å²) in [5.41, 5.74) is 5.33. The number of hydrogen-bond donors (Lipinski definition) is 1. The van der Waals surface area contributed by atoms with Crippen LogP contribution in [0.3, 0.4) is 0 Å². The molecular formula is C15H20F3NS. The van der Waals surface area contributed by atoms with Crippen LogP contribution in [0, 0.1) is 5.92 Å². The summed E-state index contributed by atoms with van der Waals surface area (Å²) in [5, 5.41) is 0.483. The first-order valence-corrected chi connectivity index (χ1v) is 7.91. The zero-order chi connectivity index (χ0) is 14.8. The van der Waals surface area contributed by atoms with Gasteiger partial charge in [0.2, 0.25) is 0 Å². The van der Waals surface area contributed by atoms with Crippen LogP contribution in [0.15, 0.2) is 23.1 Å². The average Bonchev–Trinajstić information content (AvgIpc) is 2.41. The van der Waals surface area contributed by atoms with E-state index >= 15 is 0 Å². The maximum Gasteiger partial charge on any atom is 0.416 e. The van der Waals surface area contributed by atoms with Gasteiger partial charge in [-0.2, -0.15) is 13.2 Å². The summed E-state index contributed by atoms with van der Waals surface area (Å²) in [6.45, 7) is 2.21. The molecule has 0 aliphatic heterocycles. The lowest BCUT2D eigenvalue weighted by molar-refractivity contribution is -0.137. The molecule has 2 N–H and O–H groups in total. The van der Waals surface area contributed by atoms with Crippen molar-refractivity contribution in [1.29, 1.82) is 0 Å². The van der Waals surface area contributed by atoms with Gasteiger partial charge < -0.3 is 5.73 Å². The van der Waals surface area contributed by atoms with Crippen LogP contribution in [0.4, 0.5) is 18.9 Å². The highest BCUT2D eigenvalue weighted by atomic mass is 32.2. The summed E-state index contributed by atoms with van der Waals surface area (Å²) in [5.74, 6) is 0.816. The number of thioether (sulfide) groups is 1. The number of benzene rings is 1. The van der Waals surface area contributed by atoms with Gasteiger partial charge in [-0.05, 0) is 49.8 Å². The van der Waals surface area contributed by atoms with Crippen LogP contribution in [0.5, 0.6) is 0 Å². The minimum atomic E-state index is -4.32. The Balaban J connectivity index is 2.00. The smallest absolute Gasteiger partial charge is 0.398 e. The molecule has 1 aromatic rings. The van der Waals surface area contributed by atoms with Crippen molar-refractivity contribution in [3.63, 3.8) is 0 Å². The Bertz CT molecular complexity index is 451. The molecule has 0 atom stereocenters. The number of rotatable bonds is 3. The minimum Gasteiger partial charge on any atom is -0.398 e. The van der Waals surface area contributed by atoms with E-state index in [1.54, 1.807) is 11.8 Å². The second-order valence-corrected chi connectivity index (χ2v) is 6.76.